The van der Waals surface area contributed by atoms with Crippen LogP contribution >= 0.6 is 0 Å². The van der Waals surface area contributed by atoms with Crippen LogP contribution in [0.3, 0.4) is 0 Å². The van der Waals surface area contributed by atoms with Crippen molar-refractivity contribution in [2.45, 2.75) is 73.9 Å². The van der Waals surface area contributed by atoms with Gasteiger partial charge >= 0.3 is 18.4 Å². The topological polar surface area (TPSA) is 76.2 Å². The van der Waals surface area contributed by atoms with Gasteiger partial charge in [0.25, 0.3) is 6.10 Å². The molecule has 0 bridgehead atoms. The van der Waals surface area contributed by atoms with Gasteiger partial charge in [0, 0.05) is 20.1 Å². The average Bonchev–Trinajstić information content (AvgIpc) is 2.99. The van der Waals surface area contributed by atoms with Gasteiger partial charge in [0.1, 0.15) is 0 Å². The monoisotopic (exact) mass is 482 g/mol. The Labute approximate surface area is 175 Å². The molecule has 1 spiro atoms. The molecule has 2 aliphatic heterocycles. The molecule has 2 heterocycles. The quantitative estimate of drug-likeness (QED) is 0.576. The van der Waals surface area contributed by atoms with E-state index in [0.29, 0.717) is 19.3 Å². The van der Waals surface area contributed by atoms with Crippen LogP contribution in [0.5, 0.6) is 0 Å². The Kier molecular flexibility index (Phi) is 6.48. The molecule has 3 aliphatic rings. The summed E-state index contributed by atoms with van der Waals surface area (Å²) in [7, 11) is -1.96. The molecule has 31 heavy (non-hydrogen) atoms. The summed E-state index contributed by atoms with van der Waals surface area (Å²) in [5.74, 6) is 0. The number of alkyl halides is 6. The third kappa shape index (κ3) is 5.05. The van der Waals surface area contributed by atoms with Crippen molar-refractivity contribution in [3.63, 3.8) is 0 Å². The fraction of sp³-hybridized carbons (Fsp3) is 0.941. The number of likely N-dealkylation sites (N-methyl/N-ethyl adjacent to an activating group) is 1. The Morgan fingerprint density at radius 2 is 1.68 bits per heavy atom. The first-order valence-electron chi connectivity index (χ1n) is 9.85. The number of amides is 1. The number of sulfonamides is 1. The van der Waals surface area contributed by atoms with E-state index in [1.165, 1.54) is 11.4 Å². The predicted octanol–water partition coefficient (Wildman–Crippen LogP) is 3.05. The number of ether oxygens (including phenoxy) is 2. The number of hydrogen-bond donors (Lipinski definition) is 0. The highest BCUT2D eigenvalue weighted by Gasteiger charge is 2.60. The Morgan fingerprint density at radius 1 is 1.13 bits per heavy atom. The summed E-state index contributed by atoms with van der Waals surface area (Å²) < 4.78 is 112. The second kappa shape index (κ2) is 8.25. The first kappa shape index (κ1) is 24.4. The van der Waals surface area contributed by atoms with Crippen molar-refractivity contribution < 1.29 is 49.0 Å². The summed E-state index contributed by atoms with van der Waals surface area (Å²) in [5.41, 5.74) is -0.779. The van der Waals surface area contributed by atoms with E-state index in [1.807, 2.05) is 0 Å². The lowest BCUT2D eigenvalue weighted by Gasteiger charge is -2.39. The molecule has 1 unspecified atom stereocenters. The number of carbonyl (C=O) groups is 1. The maximum atomic E-state index is 12.6. The molecule has 0 radical (unpaired) electrons. The first-order valence-corrected chi connectivity index (χ1v) is 11.4. The van der Waals surface area contributed by atoms with Crippen molar-refractivity contribution in [3.05, 3.63) is 0 Å². The van der Waals surface area contributed by atoms with Gasteiger partial charge in [0.2, 0.25) is 10.0 Å². The molecular weight excluding hydrogens is 458 g/mol. The minimum atomic E-state index is -5.77. The van der Waals surface area contributed by atoms with Crippen LogP contribution < -0.4 is 0 Å². The molecule has 14 heteroatoms. The lowest BCUT2D eigenvalue weighted by molar-refractivity contribution is -0.308. The number of halogens is 6. The minimum absolute atomic E-state index is 0.136. The third-order valence-corrected chi connectivity index (χ3v) is 8.74. The van der Waals surface area contributed by atoms with Crippen LogP contribution in [0.2, 0.25) is 0 Å². The summed E-state index contributed by atoms with van der Waals surface area (Å²) in [4.78, 5) is 12.7. The van der Waals surface area contributed by atoms with Gasteiger partial charge in [-0.2, -0.15) is 30.6 Å². The number of piperidine rings is 1. The second-order valence-electron chi connectivity index (χ2n) is 8.30. The summed E-state index contributed by atoms with van der Waals surface area (Å²) in [6, 6.07) is -0.413. The van der Waals surface area contributed by atoms with E-state index in [2.05, 4.69) is 4.74 Å². The fourth-order valence-corrected chi connectivity index (χ4v) is 6.06. The van der Waals surface area contributed by atoms with Crippen LogP contribution in [0.4, 0.5) is 31.1 Å². The summed E-state index contributed by atoms with van der Waals surface area (Å²) in [6.07, 6.45) is -14.7. The molecule has 1 atom stereocenters. The molecule has 0 aromatic heterocycles. The number of nitrogens with zero attached hydrogens (tertiary/aromatic N) is 2. The van der Waals surface area contributed by atoms with Crippen LogP contribution in [0.25, 0.3) is 0 Å². The summed E-state index contributed by atoms with van der Waals surface area (Å²) in [5, 5.41) is -0.402. The molecule has 2 saturated heterocycles. The van der Waals surface area contributed by atoms with Gasteiger partial charge in [0.15, 0.2) is 0 Å². The standard InChI is InChI=1S/C17H24F6N2O5S/c1-24(31(27,28)12-3-2-4-12)11-9-15(29-10-11)5-7-25(8-6-15)14(26)30-13(16(18,19)20)17(21,22)23/h11-13H,2-10H2,1H3. The molecule has 0 aromatic carbocycles. The zero-order chi connectivity index (χ0) is 23.2. The van der Waals surface area contributed by atoms with E-state index in [4.69, 9.17) is 4.74 Å². The van der Waals surface area contributed by atoms with Crippen molar-refractivity contribution in [2.24, 2.45) is 0 Å². The van der Waals surface area contributed by atoms with E-state index in [9.17, 15) is 39.6 Å². The molecule has 0 aromatic rings. The summed E-state index contributed by atoms with van der Waals surface area (Å²) in [6.45, 7) is -0.183. The van der Waals surface area contributed by atoms with Gasteiger partial charge in [-0.3, -0.25) is 0 Å². The molecule has 0 N–H and O–H groups in total. The third-order valence-electron chi connectivity index (χ3n) is 6.32. The fourth-order valence-electron chi connectivity index (χ4n) is 4.11. The minimum Gasteiger partial charge on any atom is -0.426 e. The zero-order valence-electron chi connectivity index (χ0n) is 16.7. The number of carbonyl (C=O) groups excluding carboxylic acids is 1. The lowest BCUT2D eigenvalue weighted by Crippen LogP contribution is -2.51. The van der Waals surface area contributed by atoms with E-state index in [0.717, 1.165) is 11.3 Å². The van der Waals surface area contributed by atoms with Gasteiger partial charge in [-0.1, -0.05) is 6.42 Å². The SMILES string of the molecule is CN(C1COC2(CCN(C(=O)OC(C(F)(F)F)C(F)(F)F)CC2)C1)S(=O)(=O)C1CCC1. The van der Waals surface area contributed by atoms with Crippen LogP contribution in [-0.4, -0.2) is 85.8 Å². The predicted molar refractivity (Wildman–Crippen MR) is 94.6 cm³/mol. The highest BCUT2D eigenvalue weighted by molar-refractivity contribution is 7.89. The van der Waals surface area contributed by atoms with Crippen LogP contribution in [0.1, 0.15) is 38.5 Å². The van der Waals surface area contributed by atoms with Crippen LogP contribution in [0, 0.1) is 0 Å². The lowest BCUT2D eigenvalue weighted by atomic mass is 9.87. The second-order valence-corrected chi connectivity index (χ2v) is 10.6. The van der Waals surface area contributed by atoms with Gasteiger partial charge in [-0.25, -0.2) is 13.2 Å². The van der Waals surface area contributed by atoms with Gasteiger partial charge in [-0.05, 0) is 32.1 Å². The van der Waals surface area contributed by atoms with Crippen molar-refractivity contribution in [1.29, 1.82) is 0 Å². The maximum Gasteiger partial charge on any atom is 0.434 e. The normalized spacial score (nSPS) is 25.3. The van der Waals surface area contributed by atoms with Gasteiger partial charge in [0.05, 0.1) is 23.5 Å². The highest BCUT2D eigenvalue weighted by Crippen LogP contribution is 2.40. The summed E-state index contributed by atoms with van der Waals surface area (Å²) >= 11 is 0. The van der Waals surface area contributed by atoms with E-state index in [-0.39, 0.29) is 32.5 Å². The van der Waals surface area contributed by atoms with Crippen LogP contribution in [-0.2, 0) is 19.5 Å². The molecule has 3 rings (SSSR count). The number of likely N-dealkylation sites (tertiary alicyclic amines) is 1. The van der Waals surface area contributed by atoms with Gasteiger partial charge < -0.3 is 14.4 Å². The van der Waals surface area contributed by atoms with E-state index >= 15 is 0 Å². The van der Waals surface area contributed by atoms with Gasteiger partial charge in [-0.15, -0.1) is 0 Å². The van der Waals surface area contributed by atoms with E-state index < -0.39 is 51.5 Å². The van der Waals surface area contributed by atoms with Crippen molar-refractivity contribution >= 4 is 16.1 Å². The zero-order valence-corrected chi connectivity index (χ0v) is 17.5. The van der Waals surface area contributed by atoms with Crippen molar-refractivity contribution in [3.8, 4) is 0 Å². The van der Waals surface area contributed by atoms with Crippen molar-refractivity contribution in [2.75, 3.05) is 26.7 Å². The molecule has 7 nitrogen and oxygen atoms in total. The average molecular weight is 482 g/mol. The largest absolute Gasteiger partial charge is 0.434 e. The molecule has 1 saturated carbocycles. The highest BCUT2D eigenvalue weighted by atomic mass is 32.2. The Balaban J connectivity index is 1.56. The number of hydrogen-bond acceptors (Lipinski definition) is 5. The Hall–Kier alpha value is -1.28. The molecule has 1 amide bonds. The van der Waals surface area contributed by atoms with E-state index in [1.54, 1.807) is 0 Å². The Bertz CT molecular complexity index is 761. The maximum absolute atomic E-state index is 12.6. The van der Waals surface area contributed by atoms with Crippen molar-refractivity contribution in [1.82, 2.24) is 9.21 Å². The molecule has 180 valence electrons. The Morgan fingerprint density at radius 3 is 2.13 bits per heavy atom. The molecule has 1 aliphatic carbocycles. The molecular formula is C17H24F6N2O5S. The number of rotatable bonds is 4. The molecule has 3 fully saturated rings. The van der Waals surface area contributed by atoms with Crippen LogP contribution in [0.15, 0.2) is 0 Å². The first-order chi connectivity index (χ1) is 14.2. The smallest absolute Gasteiger partial charge is 0.426 e.